The molecule has 2 nitrogen and oxygen atoms in total. The molecule has 0 fully saturated rings. The molecule has 0 aromatic heterocycles. The van der Waals surface area contributed by atoms with Gasteiger partial charge in [-0.05, 0) is 20.8 Å². The fourth-order valence-corrected chi connectivity index (χ4v) is 0.475. The van der Waals surface area contributed by atoms with E-state index in [9.17, 15) is 4.79 Å². The van der Waals surface area contributed by atoms with Gasteiger partial charge in [0.25, 0.3) is 0 Å². The lowest BCUT2D eigenvalue weighted by Gasteiger charge is -1.96. The second-order valence-corrected chi connectivity index (χ2v) is 2.52. The molecule has 0 amide bonds. The van der Waals surface area contributed by atoms with Crippen molar-refractivity contribution in [2.45, 2.75) is 20.8 Å². The highest BCUT2D eigenvalue weighted by Gasteiger charge is 2.04. The van der Waals surface area contributed by atoms with Crippen LogP contribution in [0.3, 0.4) is 0 Å². The second-order valence-electron chi connectivity index (χ2n) is 2.52. The number of carboxylic acid groups (broad SMARTS) is 1. The topological polar surface area (TPSA) is 37.3 Å². The van der Waals surface area contributed by atoms with Gasteiger partial charge in [-0.3, -0.25) is 4.79 Å². The molecule has 1 atom stereocenters. The third kappa shape index (κ3) is 4.37. The van der Waals surface area contributed by atoms with Crippen LogP contribution in [0.1, 0.15) is 20.8 Å². The summed E-state index contributed by atoms with van der Waals surface area (Å²) in [5.41, 5.74) is 1.08. The Morgan fingerprint density at radius 3 is 2.45 bits per heavy atom. The third-order valence-electron chi connectivity index (χ3n) is 1.49. The summed E-state index contributed by atoms with van der Waals surface area (Å²) in [4.78, 5) is 10.3. The van der Waals surface area contributed by atoms with E-state index in [0.29, 0.717) is 0 Å². The summed E-state index contributed by atoms with van der Waals surface area (Å²) in [5, 5.41) is 8.50. The molecule has 0 bridgehead atoms. The van der Waals surface area contributed by atoms with Gasteiger partial charge in [-0.25, -0.2) is 0 Å². The van der Waals surface area contributed by atoms with E-state index in [4.69, 9.17) is 5.11 Å². The lowest BCUT2D eigenvalue weighted by Crippen LogP contribution is -2.05. The Hall–Kier alpha value is -1.05. The summed E-state index contributed by atoms with van der Waals surface area (Å²) in [7, 11) is 0. The SMILES string of the molecule is C/C=C(C)\C=C/C(C)C(=O)O. The molecule has 11 heavy (non-hydrogen) atoms. The maximum absolute atomic E-state index is 10.3. The van der Waals surface area contributed by atoms with Crippen LogP contribution in [-0.4, -0.2) is 11.1 Å². The minimum atomic E-state index is -0.787. The van der Waals surface area contributed by atoms with Gasteiger partial charge in [0.15, 0.2) is 0 Å². The van der Waals surface area contributed by atoms with Crippen molar-refractivity contribution in [2.24, 2.45) is 5.92 Å². The van der Waals surface area contributed by atoms with Crippen LogP contribution in [0.2, 0.25) is 0 Å². The molecule has 0 saturated heterocycles. The molecule has 0 aliphatic heterocycles. The van der Waals surface area contributed by atoms with Gasteiger partial charge >= 0.3 is 5.97 Å². The molecule has 0 spiro atoms. The van der Waals surface area contributed by atoms with Gasteiger partial charge < -0.3 is 5.11 Å². The number of carbonyl (C=O) groups is 1. The lowest BCUT2D eigenvalue weighted by atomic mass is 10.1. The van der Waals surface area contributed by atoms with Crippen LogP contribution >= 0.6 is 0 Å². The fourth-order valence-electron chi connectivity index (χ4n) is 0.475. The lowest BCUT2D eigenvalue weighted by molar-refractivity contribution is -0.139. The number of allylic oxidation sites excluding steroid dienone is 3. The first-order valence-electron chi connectivity index (χ1n) is 3.62. The third-order valence-corrected chi connectivity index (χ3v) is 1.49. The van der Waals surface area contributed by atoms with Crippen LogP contribution in [-0.2, 0) is 4.79 Å². The average Bonchev–Trinajstić information content (AvgIpc) is 1.99. The molecular weight excluding hydrogens is 140 g/mol. The summed E-state index contributed by atoms with van der Waals surface area (Å²) >= 11 is 0. The van der Waals surface area contributed by atoms with Crippen molar-refractivity contribution in [3.05, 3.63) is 23.8 Å². The average molecular weight is 154 g/mol. The van der Waals surface area contributed by atoms with Crippen molar-refractivity contribution < 1.29 is 9.90 Å². The molecule has 0 radical (unpaired) electrons. The molecule has 0 saturated carbocycles. The maximum Gasteiger partial charge on any atom is 0.310 e. The highest BCUT2D eigenvalue weighted by Crippen LogP contribution is 2.01. The molecule has 62 valence electrons. The highest BCUT2D eigenvalue weighted by molar-refractivity contribution is 5.71. The van der Waals surface area contributed by atoms with E-state index >= 15 is 0 Å². The Morgan fingerprint density at radius 2 is 2.09 bits per heavy atom. The summed E-state index contributed by atoms with van der Waals surface area (Å²) in [5.74, 6) is -1.19. The molecule has 0 aliphatic carbocycles. The zero-order valence-corrected chi connectivity index (χ0v) is 7.16. The van der Waals surface area contributed by atoms with E-state index in [-0.39, 0.29) is 0 Å². The van der Waals surface area contributed by atoms with Gasteiger partial charge in [-0.2, -0.15) is 0 Å². The van der Waals surface area contributed by atoms with Crippen molar-refractivity contribution in [3.8, 4) is 0 Å². The first-order chi connectivity index (χ1) is 5.07. The monoisotopic (exact) mass is 154 g/mol. The number of hydrogen-bond donors (Lipinski definition) is 1. The quantitative estimate of drug-likeness (QED) is 0.633. The molecule has 0 rings (SSSR count). The van der Waals surface area contributed by atoms with Crippen LogP contribution in [0.15, 0.2) is 23.8 Å². The second kappa shape index (κ2) is 4.72. The van der Waals surface area contributed by atoms with Crippen LogP contribution in [0.5, 0.6) is 0 Å². The Labute approximate surface area is 67.2 Å². The first-order valence-corrected chi connectivity index (χ1v) is 3.62. The minimum absolute atomic E-state index is 0.398. The molecule has 1 unspecified atom stereocenters. The Bertz CT molecular complexity index is 190. The number of rotatable bonds is 3. The standard InChI is InChI=1S/C9H14O2/c1-4-7(2)5-6-8(3)9(10)11/h4-6,8H,1-3H3,(H,10,11)/b6-5-,7-4-. The van der Waals surface area contributed by atoms with E-state index in [0.717, 1.165) is 5.57 Å². The van der Waals surface area contributed by atoms with Gasteiger partial charge in [-0.15, -0.1) is 0 Å². The van der Waals surface area contributed by atoms with E-state index in [1.807, 2.05) is 26.0 Å². The normalized spacial score (nSPS) is 15.4. The van der Waals surface area contributed by atoms with E-state index in [2.05, 4.69) is 0 Å². The zero-order chi connectivity index (χ0) is 8.85. The van der Waals surface area contributed by atoms with Gasteiger partial charge in [0.2, 0.25) is 0 Å². The smallest absolute Gasteiger partial charge is 0.310 e. The Balaban J connectivity index is 4.03. The molecule has 0 heterocycles. The molecule has 0 aromatic carbocycles. The first kappa shape index (κ1) is 9.95. The molecule has 0 aromatic rings. The number of aliphatic carboxylic acids is 1. The zero-order valence-electron chi connectivity index (χ0n) is 7.16. The summed E-state index contributed by atoms with van der Waals surface area (Å²) in [6, 6.07) is 0. The Morgan fingerprint density at radius 1 is 1.55 bits per heavy atom. The Kier molecular flexibility index (Phi) is 4.27. The summed E-state index contributed by atoms with van der Waals surface area (Å²) in [6.45, 7) is 5.51. The van der Waals surface area contributed by atoms with Crippen LogP contribution in [0.4, 0.5) is 0 Å². The van der Waals surface area contributed by atoms with Crippen molar-refractivity contribution in [1.29, 1.82) is 0 Å². The van der Waals surface area contributed by atoms with Crippen molar-refractivity contribution in [3.63, 3.8) is 0 Å². The maximum atomic E-state index is 10.3. The van der Waals surface area contributed by atoms with Gasteiger partial charge in [-0.1, -0.05) is 23.8 Å². The highest BCUT2D eigenvalue weighted by atomic mass is 16.4. The molecule has 0 aliphatic rings. The predicted octanol–water partition coefficient (Wildman–Crippen LogP) is 2.23. The van der Waals surface area contributed by atoms with Crippen LogP contribution in [0, 0.1) is 5.92 Å². The molecule has 2 heteroatoms. The summed E-state index contributed by atoms with van der Waals surface area (Å²) < 4.78 is 0. The number of carboxylic acids is 1. The molecular formula is C9H14O2. The largest absolute Gasteiger partial charge is 0.481 e. The van der Waals surface area contributed by atoms with Gasteiger partial charge in [0, 0.05) is 0 Å². The number of hydrogen-bond acceptors (Lipinski definition) is 1. The van der Waals surface area contributed by atoms with E-state index in [1.54, 1.807) is 13.0 Å². The van der Waals surface area contributed by atoms with Gasteiger partial charge in [0.05, 0.1) is 5.92 Å². The van der Waals surface area contributed by atoms with E-state index < -0.39 is 11.9 Å². The van der Waals surface area contributed by atoms with Crippen LogP contribution in [0.25, 0.3) is 0 Å². The predicted molar refractivity (Wildman–Crippen MR) is 45.4 cm³/mol. The minimum Gasteiger partial charge on any atom is -0.481 e. The van der Waals surface area contributed by atoms with Crippen LogP contribution < -0.4 is 0 Å². The summed E-state index contributed by atoms with van der Waals surface area (Å²) in [6.07, 6.45) is 5.43. The van der Waals surface area contributed by atoms with E-state index in [1.165, 1.54) is 0 Å². The van der Waals surface area contributed by atoms with Crippen molar-refractivity contribution >= 4 is 5.97 Å². The van der Waals surface area contributed by atoms with Crippen molar-refractivity contribution in [1.82, 2.24) is 0 Å². The fraction of sp³-hybridized carbons (Fsp3) is 0.444. The van der Waals surface area contributed by atoms with Gasteiger partial charge in [0.1, 0.15) is 0 Å². The molecule has 1 N–H and O–H groups in total. The van der Waals surface area contributed by atoms with Crippen molar-refractivity contribution in [2.75, 3.05) is 0 Å².